The summed E-state index contributed by atoms with van der Waals surface area (Å²) in [7, 11) is 0. The Bertz CT molecular complexity index is 519. The summed E-state index contributed by atoms with van der Waals surface area (Å²) in [6.07, 6.45) is 0.994. The van der Waals surface area contributed by atoms with Crippen LogP contribution in [0.4, 0.5) is 5.69 Å². The van der Waals surface area contributed by atoms with Crippen molar-refractivity contribution < 1.29 is 0 Å². The van der Waals surface area contributed by atoms with E-state index in [1.165, 1.54) is 11.3 Å². The maximum Gasteiger partial charge on any atom is 0.155 e. The van der Waals surface area contributed by atoms with Gasteiger partial charge in [-0.1, -0.05) is 18.2 Å². The van der Waals surface area contributed by atoms with Gasteiger partial charge in [-0.25, -0.2) is 0 Å². The van der Waals surface area contributed by atoms with E-state index in [2.05, 4.69) is 51.3 Å². The number of hydrogen-bond donors (Lipinski definition) is 1. The van der Waals surface area contributed by atoms with E-state index in [1.807, 2.05) is 6.92 Å². The molecule has 0 saturated carbocycles. The molecule has 1 unspecified atom stereocenters. The molecule has 0 aliphatic carbocycles. The third-order valence-corrected chi connectivity index (χ3v) is 3.36. The van der Waals surface area contributed by atoms with Gasteiger partial charge in [-0.05, 0) is 25.5 Å². The fraction of sp³-hybridized carbons (Fsp3) is 0.385. The van der Waals surface area contributed by atoms with Crippen LogP contribution in [0.3, 0.4) is 0 Å². The Kier molecular flexibility index (Phi) is 2.35. The van der Waals surface area contributed by atoms with Crippen LogP contribution in [0.5, 0.6) is 0 Å². The predicted octanol–water partition coefficient (Wildman–Crippen LogP) is 2.32. The number of nitrogens with zero attached hydrogens (tertiary/aromatic N) is 3. The highest BCUT2D eigenvalue weighted by molar-refractivity contribution is 5.57. The third kappa shape index (κ3) is 1.60. The van der Waals surface area contributed by atoms with Crippen molar-refractivity contribution in [1.82, 2.24) is 14.8 Å². The van der Waals surface area contributed by atoms with Crippen LogP contribution in [-0.4, -0.2) is 14.8 Å². The molecule has 88 valence electrons. The maximum absolute atomic E-state index is 4.30. The van der Waals surface area contributed by atoms with Crippen molar-refractivity contribution in [2.75, 3.05) is 5.32 Å². The topological polar surface area (TPSA) is 42.7 Å². The molecule has 2 heterocycles. The number of anilines is 1. The van der Waals surface area contributed by atoms with Gasteiger partial charge in [0, 0.05) is 18.7 Å². The number of rotatable bonds is 2. The standard InChI is InChI=1S/C13H16N4/c1-3-17-9(2)15-16-13(17)12-8-10-6-4-5-7-11(10)14-12/h4-7,12,14H,3,8H2,1-2H3. The first-order valence-electron chi connectivity index (χ1n) is 6.03. The summed E-state index contributed by atoms with van der Waals surface area (Å²) < 4.78 is 2.17. The van der Waals surface area contributed by atoms with Gasteiger partial charge in [0.05, 0.1) is 6.04 Å². The van der Waals surface area contributed by atoms with Crippen LogP contribution in [0.25, 0.3) is 0 Å². The number of benzene rings is 1. The van der Waals surface area contributed by atoms with Gasteiger partial charge in [-0.3, -0.25) is 0 Å². The van der Waals surface area contributed by atoms with Crippen LogP contribution in [0.2, 0.25) is 0 Å². The van der Waals surface area contributed by atoms with Crippen molar-refractivity contribution in [3.05, 3.63) is 41.5 Å². The molecule has 4 nitrogen and oxygen atoms in total. The number of aromatic nitrogens is 3. The molecule has 0 bridgehead atoms. The summed E-state index contributed by atoms with van der Waals surface area (Å²) in [6, 6.07) is 8.69. The first-order chi connectivity index (χ1) is 8.29. The van der Waals surface area contributed by atoms with E-state index >= 15 is 0 Å². The van der Waals surface area contributed by atoms with E-state index in [1.54, 1.807) is 0 Å². The average Bonchev–Trinajstić information content (AvgIpc) is 2.91. The molecule has 4 heteroatoms. The lowest BCUT2D eigenvalue weighted by Crippen LogP contribution is -2.14. The maximum atomic E-state index is 4.30. The molecule has 0 spiro atoms. The molecule has 1 aliphatic rings. The summed E-state index contributed by atoms with van der Waals surface area (Å²) >= 11 is 0. The van der Waals surface area contributed by atoms with E-state index in [4.69, 9.17) is 0 Å². The Morgan fingerprint density at radius 1 is 1.35 bits per heavy atom. The summed E-state index contributed by atoms with van der Waals surface area (Å²) in [5, 5.41) is 12.0. The molecule has 17 heavy (non-hydrogen) atoms. The number of para-hydroxylation sites is 1. The minimum atomic E-state index is 0.258. The molecule has 1 atom stereocenters. The SMILES string of the molecule is CCn1c(C)nnc1C1Cc2ccccc2N1. The van der Waals surface area contributed by atoms with Crippen LogP contribution in [0, 0.1) is 6.92 Å². The van der Waals surface area contributed by atoms with Gasteiger partial charge < -0.3 is 9.88 Å². The molecular formula is C13H16N4. The van der Waals surface area contributed by atoms with Gasteiger partial charge in [-0.15, -0.1) is 10.2 Å². The molecule has 1 N–H and O–H groups in total. The molecule has 0 amide bonds. The minimum absolute atomic E-state index is 0.258. The number of hydrogen-bond acceptors (Lipinski definition) is 3. The molecule has 2 aromatic rings. The number of nitrogens with one attached hydrogen (secondary N) is 1. The van der Waals surface area contributed by atoms with Gasteiger partial charge in [-0.2, -0.15) is 0 Å². The van der Waals surface area contributed by atoms with E-state index in [-0.39, 0.29) is 6.04 Å². The first-order valence-corrected chi connectivity index (χ1v) is 6.03. The van der Waals surface area contributed by atoms with Gasteiger partial charge in [0.15, 0.2) is 5.82 Å². The van der Waals surface area contributed by atoms with Crippen LogP contribution in [-0.2, 0) is 13.0 Å². The second-order valence-corrected chi connectivity index (χ2v) is 4.41. The van der Waals surface area contributed by atoms with Crippen LogP contribution in [0.1, 0.15) is 30.2 Å². The quantitative estimate of drug-likeness (QED) is 0.857. The second-order valence-electron chi connectivity index (χ2n) is 4.41. The fourth-order valence-electron chi connectivity index (χ4n) is 2.50. The van der Waals surface area contributed by atoms with Gasteiger partial charge >= 0.3 is 0 Å². The van der Waals surface area contributed by atoms with Crippen LogP contribution in [0.15, 0.2) is 24.3 Å². The molecular weight excluding hydrogens is 212 g/mol. The lowest BCUT2D eigenvalue weighted by Gasteiger charge is -2.12. The highest BCUT2D eigenvalue weighted by atomic mass is 15.3. The monoisotopic (exact) mass is 228 g/mol. The van der Waals surface area contributed by atoms with Crippen molar-refractivity contribution in [1.29, 1.82) is 0 Å². The lowest BCUT2D eigenvalue weighted by atomic mass is 10.1. The van der Waals surface area contributed by atoms with Crippen molar-refractivity contribution in [3.8, 4) is 0 Å². The molecule has 0 radical (unpaired) electrons. The van der Waals surface area contributed by atoms with E-state index in [0.717, 1.165) is 24.6 Å². The molecule has 3 rings (SSSR count). The fourth-order valence-corrected chi connectivity index (χ4v) is 2.50. The van der Waals surface area contributed by atoms with E-state index in [9.17, 15) is 0 Å². The minimum Gasteiger partial charge on any atom is -0.375 e. The van der Waals surface area contributed by atoms with E-state index < -0.39 is 0 Å². The summed E-state index contributed by atoms with van der Waals surface area (Å²) in [5.74, 6) is 2.03. The Labute approximate surface area is 101 Å². The zero-order valence-corrected chi connectivity index (χ0v) is 10.1. The third-order valence-electron chi connectivity index (χ3n) is 3.36. The van der Waals surface area contributed by atoms with Crippen LogP contribution >= 0.6 is 0 Å². The Balaban J connectivity index is 1.94. The summed E-state index contributed by atoms with van der Waals surface area (Å²) in [6.45, 7) is 5.05. The average molecular weight is 228 g/mol. The largest absolute Gasteiger partial charge is 0.375 e. The highest BCUT2D eigenvalue weighted by Gasteiger charge is 2.26. The smallest absolute Gasteiger partial charge is 0.155 e. The Morgan fingerprint density at radius 2 is 2.18 bits per heavy atom. The zero-order valence-electron chi connectivity index (χ0n) is 10.1. The second kappa shape index (κ2) is 3.87. The normalized spacial score (nSPS) is 17.9. The van der Waals surface area contributed by atoms with E-state index in [0.29, 0.717) is 0 Å². The molecule has 1 aromatic heterocycles. The Morgan fingerprint density at radius 3 is 2.94 bits per heavy atom. The van der Waals surface area contributed by atoms with Crippen LogP contribution < -0.4 is 5.32 Å². The predicted molar refractivity (Wildman–Crippen MR) is 66.9 cm³/mol. The highest BCUT2D eigenvalue weighted by Crippen LogP contribution is 2.33. The molecule has 0 fully saturated rings. The lowest BCUT2D eigenvalue weighted by molar-refractivity contribution is 0.631. The number of aryl methyl sites for hydroxylation is 1. The summed E-state index contributed by atoms with van der Waals surface area (Å²) in [5.41, 5.74) is 2.58. The molecule has 1 aromatic carbocycles. The van der Waals surface area contributed by atoms with Gasteiger partial charge in [0.1, 0.15) is 5.82 Å². The van der Waals surface area contributed by atoms with Crippen molar-refractivity contribution in [3.63, 3.8) is 0 Å². The zero-order chi connectivity index (χ0) is 11.8. The molecule has 1 aliphatic heterocycles. The molecule has 0 saturated heterocycles. The van der Waals surface area contributed by atoms with Crippen molar-refractivity contribution in [2.45, 2.75) is 32.9 Å². The number of fused-ring (bicyclic) bond motifs is 1. The summed E-state index contributed by atoms with van der Waals surface area (Å²) in [4.78, 5) is 0. The van der Waals surface area contributed by atoms with Gasteiger partial charge in [0.2, 0.25) is 0 Å². The van der Waals surface area contributed by atoms with Crippen molar-refractivity contribution in [2.24, 2.45) is 0 Å². The first kappa shape index (κ1) is 10.3. The van der Waals surface area contributed by atoms with Gasteiger partial charge in [0.25, 0.3) is 0 Å². The Hall–Kier alpha value is -1.84. The van der Waals surface area contributed by atoms with Crippen molar-refractivity contribution >= 4 is 5.69 Å².